The molecule has 7 atom stereocenters. The van der Waals surface area contributed by atoms with Crippen molar-refractivity contribution in [1.29, 1.82) is 0 Å². The second-order valence-electron chi connectivity index (χ2n) is 23.3. The van der Waals surface area contributed by atoms with Crippen molar-refractivity contribution in [3.05, 3.63) is 25.3 Å². The summed E-state index contributed by atoms with van der Waals surface area (Å²) in [5.74, 6) is -3.64. The maximum Gasteiger partial charge on any atom is 0.410 e. The van der Waals surface area contributed by atoms with Gasteiger partial charge in [0.25, 0.3) is 0 Å². The number of hydrogen-bond donors (Lipinski definition) is 3. The number of unbranched alkanes of at least 4 members (excludes halogenated alkanes) is 2. The van der Waals surface area contributed by atoms with Crippen LogP contribution in [-0.2, 0) is 62.0 Å². The van der Waals surface area contributed by atoms with Gasteiger partial charge in [-0.05, 0) is 105 Å². The van der Waals surface area contributed by atoms with Gasteiger partial charge in [-0.3, -0.25) is 38.5 Å². The normalized spacial score (nSPS) is 14.0. The number of nitrogens with one attached hydrogen (secondary N) is 3. The summed E-state index contributed by atoms with van der Waals surface area (Å²) in [6.45, 7) is 36.6. The van der Waals surface area contributed by atoms with Crippen LogP contribution in [0.15, 0.2) is 25.3 Å². The number of amides is 7. The van der Waals surface area contributed by atoms with E-state index in [1.54, 1.807) is 55.4 Å². The molecule has 3 N–H and O–H groups in total. The van der Waals surface area contributed by atoms with Crippen LogP contribution in [0, 0.1) is 17.8 Å². The predicted molar refractivity (Wildman–Crippen MR) is 308 cm³/mol. The van der Waals surface area contributed by atoms with Gasteiger partial charge in [0.2, 0.25) is 29.5 Å². The fourth-order valence-corrected chi connectivity index (χ4v) is 7.47. The molecule has 0 saturated carbocycles. The smallest absolute Gasteiger partial charge is 0.410 e. The minimum Gasteiger partial charge on any atom is -0.460 e. The van der Waals surface area contributed by atoms with Crippen molar-refractivity contribution in [3.8, 4) is 0 Å². The number of hydrogen-bond acceptors (Lipinski definition) is 15. The Hall–Kier alpha value is -5.77. The first-order valence-electron chi connectivity index (χ1n) is 28.1. The molecule has 0 aromatic carbocycles. The molecule has 80 heavy (non-hydrogen) atoms. The Labute approximate surface area is 479 Å². The molecule has 0 aromatic rings. The lowest BCUT2D eigenvalue weighted by molar-refractivity contribution is -0.150. The molecule has 0 bridgehead atoms. The Kier molecular flexibility index (Phi) is 37.0. The number of alkyl carbamates (subject to hydrolysis) is 1. The first-order chi connectivity index (χ1) is 37.0. The summed E-state index contributed by atoms with van der Waals surface area (Å²) in [6.07, 6.45) is 4.41. The predicted octanol–water partition coefficient (Wildman–Crippen LogP) is 6.82. The molecule has 0 heterocycles. The molecule has 0 aromatic heterocycles. The Morgan fingerprint density at radius 1 is 0.512 bits per heavy atom. The number of esters is 2. The van der Waals surface area contributed by atoms with Crippen LogP contribution in [0.25, 0.3) is 0 Å². The summed E-state index contributed by atoms with van der Waals surface area (Å²) in [5.41, 5.74) is -1.48. The first kappa shape index (κ1) is 76.3. The maximum absolute atomic E-state index is 13.9. The monoisotopic (exact) mass is 1140 g/mol. The number of rotatable bonds is 34. The maximum atomic E-state index is 13.9. The number of ether oxygens (including phenoxy) is 6. The second kappa shape index (κ2) is 38.8. The van der Waals surface area contributed by atoms with Crippen molar-refractivity contribution in [2.24, 2.45) is 17.8 Å². The Bertz CT molecular complexity index is 1950. The molecule has 0 spiro atoms. The van der Waals surface area contributed by atoms with E-state index in [0.29, 0.717) is 32.5 Å². The lowest BCUT2D eigenvalue weighted by Gasteiger charge is -2.35. The van der Waals surface area contributed by atoms with Crippen molar-refractivity contribution in [2.45, 2.75) is 209 Å². The summed E-state index contributed by atoms with van der Waals surface area (Å²) >= 11 is 0. The van der Waals surface area contributed by atoms with Crippen LogP contribution >= 0.6 is 0 Å². The summed E-state index contributed by atoms with van der Waals surface area (Å²) in [5, 5.41) is 8.25. The zero-order valence-corrected chi connectivity index (χ0v) is 52.4. The SMILES string of the molecule is C=CCOC(=O)CN(C)C(=O)[C@@H](NC(=O)[C@H](CC(C)C)N(C)C(=O)OC(C)(C)C)[C@@H](C)OCCCC.C=CCOC(=O)CN(C)C(=O)[C@@H](NC(=O)[C@H](CC(C)C)N(C)C(=O)[C@H](CC(C)C)NC(=O)OC(C)(C)C)[C@@H](C)OCCCC. The van der Waals surface area contributed by atoms with E-state index < -0.39 is 107 Å². The van der Waals surface area contributed by atoms with E-state index in [-0.39, 0.29) is 44.1 Å². The molecular weight excluding hydrogens is 1030 g/mol. The van der Waals surface area contributed by atoms with E-state index in [0.717, 1.165) is 25.7 Å². The first-order valence-corrected chi connectivity index (χ1v) is 28.1. The van der Waals surface area contributed by atoms with E-state index in [1.165, 1.54) is 59.9 Å². The van der Waals surface area contributed by atoms with Crippen LogP contribution < -0.4 is 16.0 Å². The van der Waals surface area contributed by atoms with Crippen LogP contribution in [0.1, 0.15) is 156 Å². The summed E-state index contributed by atoms with van der Waals surface area (Å²) in [6, 6.07) is -4.98. The van der Waals surface area contributed by atoms with E-state index in [1.807, 2.05) is 55.4 Å². The van der Waals surface area contributed by atoms with Crippen LogP contribution in [0.3, 0.4) is 0 Å². The number of carbonyl (C=O) groups is 9. The van der Waals surface area contributed by atoms with Gasteiger partial charge in [0, 0.05) is 41.4 Å². The molecule has 0 fully saturated rings. The summed E-state index contributed by atoms with van der Waals surface area (Å²) in [4.78, 5) is 122. The highest BCUT2D eigenvalue weighted by Crippen LogP contribution is 2.19. The largest absolute Gasteiger partial charge is 0.460 e. The van der Waals surface area contributed by atoms with E-state index in [2.05, 4.69) is 29.1 Å². The topological polar surface area (TPSA) is 258 Å². The van der Waals surface area contributed by atoms with Gasteiger partial charge in [0.05, 0.1) is 12.2 Å². The van der Waals surface area contributed by atoms with Crippen LogP contribution in [0.2, 0.25) is 0 Å². The molecular formula is C58H105N7O15. The van der Waals surface area contributed by atoms with Crippen molar-refractivity contribution in [3.63, 3.8) is 0 Å². The third-order valence-corrected chi connectivity index (χ3v) is 11.7. The Balaban J connectivity index is 0. The van der Waals surface area contributed by atoms with Crippen LogP contribution in [0.4, 0.5) is 9.59 Å². The molecule has 0 saturated heterocycles. The van der Waals surface area contributed by atoms with Crippen LogP contribution in [-0.4, -0.2) is 195 Å². The number of nitrogens with zero attached hydrogens (tertiary/aromatic N) is 4. The Morgan fingerprint density at radius 2 is 0.875 bits per heavy atom. The molecule has 0 unspecified atom stereocenters. The van der Waals surface area contributed by atoms with Gasteiger partial charge in [-0.1, -0.05) is 93.5 Å². The van der Waals surface area contributed by atoms with Gasteiger partial charge in [-0.25, -0.2) is 9.59 Å². The Morgan fingerprint density at radius 3 is 1.20 bits per heavy atom. The van der Waals surface area contributed by atoms with E-state index in [9.17, 15) is 43.2 Å². The van der Waals surface area contributed by atoms with Crippen molar-refractivity contribution in [2.75, 3.05) is 67.7 Å². The van der Waals surface area contributed by atoms with Gasteiger partial charge in [-0.2, -0.15) is 0 Å². The van der Waals surface area contributed by atoms with Gasteiger partial charge >= 0.3 is 24.1 Å². The molecule has 0 radical (unpaired) electrons. The number of carbonyl (C=O) groups excluding carboxylic acids is 9. The summed E-state index contributed by atoms with van der Waals surface area (Å²) < 4.78 is 32.5. The minimum atomic E-state index is -1.14. The average molecular weight is 1140 g/mol. The molecule has 0 aliphatic rings. The fourth-order valence-electron chi connectivity index (χ4n) is 7.47. The van der Waals surface area contributed by atoms with Gasteiger partial charge < -0.3 is 59.1 Å². The molecule has 22 heteroatoms. The quantitative estimate of drug-likeness (QED) is 0.0258. The van der Waals surface area contributed by atoms with Gasteiger partial charge in [0.15, 0.2) is 0 Å². The zero-order valence-electron chi connectivity index (χ0n) is 52.4. The molecule has 0 rings (SSSR count). The molecule has 462 valence electrons. The van der Waals surface area contributed by atoms with E-state index >= 15 is 0 Å². The number of likely N-dealkylation sites (N-methyl/N-ethyl adjacent to an activating group) is 4. The molecule has 22 nitrogen and oxygen atoms in total. The lowest BCUT2D eigenvalue weighted by atomic mass is 9.98. The third-order valence-electron chi connectivity index (χ3n) is 11.7. The highest BCUT2D eigenvalue weighted by molar-refractivity contribution is 5.95. The second-order valence-corrected chi connectivity index (χ2v) is 23.3. The summed E-state index contributed by atoms with van der Waals surface area (Å²) in [7, 11) is 5.91. The molecule has 0 aliphatic carbocycles. The van der Waals surface area contributed by atoms with Gasteiger partial charge in [-0.15, -0.1) is 0 Å². The van der Waals surface area contributed by atoms with Crippen molar-refractivity contribution >= 4 is 53.7 Å². The lowest BCUT2D eigenvalue weighted by Crippen LogP contribution is -2.60. The van der Waals surface area contributed by atoms with Gasteiger partial charge in [0.1, 0.15) is 67.7 Å². The average Bonchev–Trinajstić information content (AvgIpc) is 3.34. The minimum absolute atomic E-state index is 0.00932. The van der Waals surface area contributed by atoms with E-state index in [4.69, 9.17) is 28.4 Å². The van der Waals surface area contributed by atoms with Crippen LogP contribution in [0.5, 0.6) is 0 Å². The van der Waals surface area contributed by atoms with Crippen molar-refractivity contribution in [1.82, 2.24) is 35.6 Å². The third kappa shape index (κ3) is 32.5. The zero-order chi connectivity index (χ0) is 62.2. The standard InChI is InChI=1S/C32H58N4O8.C26H47N3O7/c1-13-15-17-42-23(7)27(30(40)35(11)20-26(37)43-16-14-2)34-28(38)25(19-22(5)6)36(12)29(39)24(18-21(3)4)33-31(41)44-32(8,9)10;1-11-13-15-34-19(5)22(24(32)28(9)17-21(30)35-14-12-2)27-23(31)20(16-18(3)4)29(10)25(33)36-26(6,7)8/h14,21-25,27H,2,13,15-20H2,1,3-12H3,(H,33,41)(H,34,38);12,18-20,22H,2,11,13-17H2,1,3-10H3,(H,27,31)/t23-,24+,25+,27+;19-,20+,22+/m11/s1. The fraction of sp³-hybridized carbons (Fsp3) is 0.776. The highest BCUT2D eigenvalue weighted by Gasteiger charge is 2.39. The highest BCUT2D eigenvalue weighted by atomic mass is 16.6. The molecule has 7 amide bonds. The molecule has 0 aliphatic heterocycles. The van der Waals surface area contributed by atoms with Crippen molar-refractivity contribution < 1.29 is 71.6 Å².